The third kappa shape index (κ3) is 3.74. The lowest BCUT2D eigenvalue weighted by Gasteiger charge is -2.11. The van der Waals surface area contributed by atoms with Gasteiger partial charge in [0.2, 0.25) is 0 Å². The Balaban J connectivity index is 2.10. The molecule has 0 aromatic heterocycles. The molecule has 1 N–H and O–H groups in total. The maximum absolute atomic E-state index is 5.26. The highest BCUT2D eigenvalue weighted by Crippen LogP contribution is 2.27. The molecular formula is C15H15Br2NO. The van der Waals surface area contributed by atoms with Gasteiger partial charge in [0.25, 0.3) is 0 Å². The van der Waals surface area contributed by atoms with Crippen molar-refractivity contribution in [3.8, 4) is 5.75 Å². The van der Waals surface area contributed by atoms with E-state index >= 15 is 0 Å². The van der Waals surface area contributed by atoms with Gasteiger partial charge in [0, 0.05) is 21.2 Å². The monoisotopic (exact) mass is 383 g/mol. The maximum Gasteiger partial charge on any atom is 0.121 e. The smallest absolute Gasteiger partial charge is 0.121 e. The Bertz CT molecular complexity index is 584. The van der Waals surface area contributed by atoms with Crippen LogP contribution in [0.1, 0.15) is 11.1 Å². The molecule has 0 heterocycles. The van der Waals surface area contributed by atoms with E-state index in [-0.39, 0.29) is 0 Å². The van der Waals surface area contributed by atoms with Gasteiger partial charge in [-0.25, -0.2) is 0 Å². The number of nitrogens with one attached hydrogen (secondary N) is 1. The van der Waals surface area contributed by atoms with Crippen LogP contribution in [0.4, 0.5) is 5.69 Å². The molecular weight excluding hydrogens is 370 g/mol. The van der Waals surface area contributed by atoms with Crippen molar-refractivity contribution in [2.75, 3.05) is 12.4 Å². The minimum absolute atomic E-state index is 0.778. The molecule has 0 saturated carbocycles. The SMILES string of the molecule is COc1ccc(CNc2cc(Br)ccc2Br)cc1C. The summed E-state index contributed by atoms with van der Waals surface area (Å²) in [6, 6.07) is 12.3. The molecule has 0 saturated heterocycles. The summed E-state index contributed by atoms with van der Waals surface area (Å²) in [6.45, 7) is 2.83. The fourth-order valence-corrected chi connectivity index (χ4v) is 2.63. The quantitative estimate of drug-likeness (QED) is 0.787. The van der Waals surface area contributed by atoms with Crippen LogP contribution >= 0.6 is 31.9 Å². The van der Waals surface area contributed by atoms with Crippen LogP contribution in [0.25, 0.3) is 0 Å². The highest BCUT2D eigenvalue weighted by Gasteiger charge is 2.03. The Kier molecular flexibility index (Phi) is 4.88. The normalized spacial score (nSPS) is 10.3. The van der Waals surface area contributed by atoms with Gasteiger partial charge in [0.1, 0.15) is 5.75 Å². The van der Waals surface area contributed by atoms with E-state index in [9.17, 15) is 0 Å². The van der Waals surface area contributed by atoms with Crippen LogP contribution in [0.3, 0.4) is 0 Å². The van der Waals surface area contributed by atoms with Crippen LogP contribution < -0.4 is 10.1 Å². The summed E-state index contributed by atoms with van der Waals surface area (Å²) in [5, 5.41) is 3.42. The molecule has 0 unspecified atom stereocenters. The summed E-state index contributed by atoms with van der Waals surface area (Å²) in [5.41, 5.74) is 3.45. The molecule has 2 nitrogen and oxygen atoms in total. The molecule has 0 aliphatic rings. The lowest BCUT2D eigenvalue weighted by Crippen LogP contribution is -2.01. The zero-order valence-electron chi connectivity index (χ0n) is 10.8. The molecule has 0 aliphatic heterocycles. The number of benzene rings is 2. The standard InChI is InChI=1S/C15H15Br2NO/c1-10-7-11(3-6-15(10)19-2)9-18-14-8-12(16)4-5-13(14)17/h3-8,18H,9H2,1-2H3. The van der Waals surface area contributed by atoms with Crippen molar-refractivity contribution in [2.24, 2.45) is 0 Å². The third-order valence-electron chi connectivity index (χ3n) is 2.87. The number of halogens is 2. The predicted octanol–water partition coefficient (Wildman–Crippen LogP) is 5.14. The van der Waals surface area contributed by atoms with Crippen LogP contribution in [0.5, 0.6) is 5.75 Å². The van der Waals surface area contributed by atoms with Crippen LogP contribution in [-0.2, 0) is 6.54 Å². The van der Waals surface area contributed by atoms with E-state index in [1.165, 1.54) is 5.56 Å². The number of methoxy groups -OCH3 is 1. The molecule has 0 fully saturated rings. The van der Waals surface area contributed by atoms with Crippen LogP contribution in [0, 0.1) is 6.92 Å². The molecule has 2 rings (SSSR count). The molecule has 100 valence electrons. The van der Waals surface area contributed by atoms with Crippen molar-refractivity contribution in [2.45, 2.75) is 13.5 Å². The first kappa shape index (κ1) is 14.4. The van der Waals surface area contributed by atoms with Gasteiger partial charge in [-0.1, -0.05) is 28.1 Å². The zero-order chi connectivity index (χ0) is 13.8. The zero-order valence-corrected chi connectivity index (χ0v) is 14.0. The van der Waals surface area contributed by atoms with Gasteiger partial charge in [-0.15, -0.1) is 0 Å². The molecule has 0 amide bonds. The Hall–Kier alpha value is -1.00. The van der Waals surface area contributed by atoms with E-state index in [1.54, 1.807) is 7.11 Å². The molecule has 2 aromatic carbocycles. The Morgan fingerprint density at radius 1 is 1.11 bits per heavy atom. The Labute approximate surface area is 130 Å². The second kappa shape index (κ2) is 6.44. The minimum Gasteiger partial charge on any atom is -0.496 e. The number of anilines is 1. The largest absolute Gasteiger partial charge is 0.496 e. The van der Waals surface area contributed by atoms with E-state index in [1.807, 2.05) is 18.2 Å². The van der Waals surface area contributed by atoms with E-state index in [0.717, 1.165) is 32.5 Å². The molecule has 0 bridgehead atoms. The molecule has 0 spiro atoms. The summed E-state index contributed by atoms with van der Waals surface area (Å²) in [5.74, 6) is 0.924. The van der Waals surface area contributed by atoms with Gasteiger partial charge in [-0.2, -0.15) is 0 Å². The summed E-state index contributed by atoms with van der Waals surface area (Å²) < 4.78 is 7.38. The predicted molar refractivity (Wildman–Crippen MR) is 86.9 cm³/mol. The molecule has 0 atom stereocenters. The van der Waals surface area contributed by atoms with E-state index < -0.39 is 0 Å². The fourth-order valence-electron chi connectivity index (χ4n) is 1.88. The van der Waals surface area contributed by atoms with Gasteiger partial charge in [0.15, 0.2) is 0 Å². The van der Waals surface area contributed by atoms with E-state index in [2.05, 4.69) is 62.3 Å². The van der Waals surface area contributed by atoms with Crippen molar-refractivity contribution in [3.63, 3.8) is 0 Å². The second-order valence-electron chi connectivity index (χ2n) is 4.28. The topological polar surface area (TPSA) is 21.3 Å². The van der Waals surface area contributed by atoms with Gasteiger partial charge in [-0.05, 0) is 58.2 Å². The highest BCUT2D eigenvalue weighted by molar-refractivity contribution is 9.11. The summed E-state index contributed by atoms with van der Waals surface area (Å²) >= 11 is 7.01. The van der Waals surface area contributed by atoms with Crippen molar-refractivity contribution in [3.05, 3.63) is 56.5 Å². The van der Waals surface area contributed by atoms with Crippen molar-refractivity contribution in [1.82, 2.24) is 0 Å². The number of hydrogen-bond acceptors (Lipinski definition) is 2. The maximum atomic E-state index is 5.26. The first-order chi connectivity index (χ1) is 9.10. The summed E-state index contributed by atoms with van der Waals surface area (Å²) in [4.78, 5) is 0. The first-order valence-corrected chi connectivity index (χ1v) is 7.51. The lowest BCUT2D eigenvalue weighted by molar-refractivity contribution is 0.411. The number of ether oxygens (including phenoxy) is 1. The van der Waals surface area contributed by atoms with Gasteiger partial charge in [-0.3, -0.25) is 0 Å². The van der Waals surface area contributed by atoms with Crippen molar-refractivity contribution >= 4 is 37.5 Å². The summed E-state index contributed by atoms with van der Waals surface area (Å²) in [6.07, 6.45) is 0. The van der Waals surface area contributed by atoms with Crippen LogP contribution in [0.2, 0.25) is 0 Å². The van der Waals surface area contributed by atoms with E-state index in [4.69, 9.17) is 4.74 Å². The molecule has 4 heteroatoms. The fraction of sp³-hybridized carbons (Fsp3) is 0.200. The highest BCUT2D eigenvalue weighted by atomic mass is 79.9. The van der Waals surface area contributed by atoms with Gasteiger partial charge >= 0.3 is 0 Å². The molecule has 0 aliphatic carbocycles. The number of aryl methyl sites for hydroxylation is 1. The molecule has 19 heavy (non-hydrogen) atoms. The number of rotatable bonds is 4. The van der Waals surface area contributed by atoms with Crippen molar-refractivity contribution in [1.29, 1.82) is 0 Å². The first-order valence-electron chi connectivity index (χ1n) is 5.92. The summed E-state index contributed by atoms with van der Waals surface area (Å²) in [7, 11) is 1.69. The van der Waals surface area contributed by atoms with Gasteiger partial charge < -0.3 is 10.1 Å². The number of hydrogen-bond donors (Lipinski definition) is 1. The second-order valence-corrected chi connectivity index (χ2v) is 6.05. The molecule has 0 radical (unpaired) electrons. The molecule has 2 aromatic rings. The Morgan fingerprint density at radius 2 is 1.89 bits per heavy atom. The average molecular weight is 385 g/mol. The Morgan fingerprint density at radius 3 is 2.58 bits per heavy atom. The minimum atomic E-state index is 0.778. The third-order valence-corrected chi connectivity index (χ3v) is 4.06. The van der Waals surface area contributed by atoms with Crippen molar-refractivity contribution < 1.29 is 4.74 Å². The van der Waals surface area contributed by atoms with Crippen LogP contribution in [-0.4, -0.2) is 7.11 Å². The van der Waals surface area contributed by atoms with Crippen LogP contribution in [0.15, 0.2) is 45.3 Å². The van der Waals surface area contributed by atoms with E-state index in [0.29, 0.717) is 0 Å². The average Bonchev–Trinajstić information content (AvgIpc) is 2.40. The lowest BCUT2D eigenvalue weighted by atomic mass is 10.1. The van der Waals surface area contributed by atoms with Gasteiger partial charge in [0.05, 0.1) is 7.11 Å².